The van der Waals surface area contributed by atoms with Crippen LogP contribution < -0.4 is 5.32 Å². The molecule has 2 aromatic rings. The molecule has 0 spiro atoms. The Morgan fingerprint density at radius 3 is 2.75 bits per heavy atom. The molecule has 2 rings (SSSR count). The average Bonchev–Trinajstić information content (AvgIpc) is 2.38. The summed E-state index contributed by atoms with van der Waals surface area (Å²) in [6, 6.07) is 12.6. The highest BCUT2D eigenvalue weighted by atomic mass is 19.1. The third-order valence-corrected chi connectivity index (χ3v) is 3.03. The van der Waals surface area contributed by atoms with Crippen LogP contribution in [0.3, 0.4) is 0 Å². The van der Waals surface area contributed by atoms with Crippen molar-refractivity contribution >= 4 is 5.69 Å². The molecule has 0 fully saturated rings. The molecule has 4 heteroatoms. The summed E-state index contributed by atoms with van der Waals surface area (Å²) in [4.78, 5) is 6.67. The van der Waals surface area contributed by atoms with Crippen molar-refractivity contribution in [2.45, 2.75) is 13.5 Å². The topological polar surface area (TPSA) is 28.2 Å². The number of rotatable bonds is 6. The summed E-state index contributed by atoms with van der Waals surface area (Å²) in [5.41, 5.74) is 2.92. The van der Waals surface area contributed by atoms with Gasteiger partial charge in [0, 0.05) is 31.0 Å². The van der Waals surface area contributed by atoms with Gasteiger partial charge in [0.1, 0.15) is 5.82 Å². The van der Waals surface area contributed by atoms with E-state index in [0.717, 1.165) is 36.7 Å². The number of nitrogens with zero attached hydrogens (tertiary/aromatic N) is 2. The number of benzene rings is 1. The standard InChI is InChI=1S/C16H20FN3/c1-13-5-3-8-16(19-13)12-20(2)10-9-18-15-7-4-6-14(17)11-15/h3-8,11,18H,9-10,12H2,1-2H3. The summed E-state index contributed by atoms with van der Waals surface area (Å²) in [6.07, 6.45) is 0. The van der Waals surface area contributed by atoms with Gasteiger partial charge in [-0.1, -0.05) is 12.1 Å². The summed E-state index contributed by atoms with van der Waals surface area (Å²) in [5.74, 6) is -0.215. The van der Waals surface area contributed by atoms with Crippen molar-refractivity contribution in [2.24, 2.45) is 0 Å². The van der Waals surface area contributed by atoms with Crippen LogP contribution in [0, 0.1) is 12.7 Å². The van der Waals surface area contributed by atoms with Crippen LogP contribution in [0.2, 0.25) is 0 Å². The van der Waals surface area contributed by atoms with Crippen molar-refractivity contribution in [3.05, 3.63) is 59.7 Å². The van der Waals surface area contributed by atoms with Crippen molar-refractivity contribution in [3.8, 4) is 0 Å². The predicted octanol–water partition coefficient (Wildman–Crippen LogP) is 3.07. The maximum atomic E-state index is 13.0. The highest BCUT2D eigenvalue weighted by Gasteiger charge is 2.02. The molecule has 0 aliphatic carbocycles. The van der Waals surface area contributed by atoms with Gasteiger partial charge < -0.3 is 5.32 Å². The summed E-state index contributed by atoms with van der Waals surface area (Å²) in [5, 5.41) is 3.21. The molecule has 0 bridgehead atoms. The van der Waals surface area contributed by atoms with E-state index in [0.29, 0.717) is 0 Å². The van der Waals surface area contributed by atoms with E-state index in [1.807, 2.05) is 31.2 Å². The molecule has 1 aromatic heterocycles. The Morgan fingerprint density at radius 1 is 1.20 bits per heavy atom. The zero-order valence-corrected chi connectivity index (χ0v) is 11.9. The van der Waals surface area contributed by atoms with E-state index in [9.17, 15) is 4.39 Å². The van der Waals surface area contributed by atoms with Gasteiger partial charge in [0.2, 0.25) is 0 Å². The summed E-state index contributed by atoms with van der Waals surface area (Å²) in [7, 11) is 2.05. The monoisotopic (exact) mass is 273 g/mol. The molecule has 0 aliphatic rings. The molecular formula is C16H20FN3. The number of hydrogen-bond donors (Lipinski definition) is 1. The van der Waals surface area contributed by atoms with Gasteiger partial charge >= 0.3 is 0 Å². The quantitative estimate of drug-likeness (QED) is 0.876. The molecule has 20 heavy (non-hydrogen) atoms. The highest BCUT2D eigenvalue weighted by molar-refractivity contribution is 5.42. The van der Waals surface area contributed by atoms with Crippen LogP contribution in [-0.4, -0.2) is 30.0 Å². The third kappa shape index (κ3) is 4.63. The van der Waals surface area contributed by atoms with Gasteiger partial charge in [-0.3, -0.25) is 9.88 Å². The van der Waals surface area contributed by atoms with Gasteiger partial charge in [0.15, 0.2) is 0 Å². The van der Waals surface area contributed by atoms with E-state index < -0.39 is 0 Å². The normalized spacial score (nSPS) is 10.8. The highest BCUT2D eigenvalue weighted by Crippen LogP contribution is 2.08. The fourth-order valence-electron chi connectivity index (χ4n) is 2.03. The van der Waals surface area contributed by atoms with Crippen molar-refractivity contribution in [3.63, 3.8) is 0 Å². The van der Waals surface area contributed by atoms with E-state index in [2.05, 4.69) is 22.2 Å². The Morgan fingerprint density at radius 2 is 2.00 bits per heavy atom. The molecule has 0 saturated heterocycles. The third-order valence-electron chi connectivity index (χ3n) is 3.03. The van der Waals surface area contributed by atoms with E-state index in [4.69, 9.17) is 0 Å². The van der Waals surface area contributed by atoms with Crippen molar-refractivity contribution < 1.29 is 4.39 Å². The first kappa shape index (κ1) is 14.5. The maximum absolute atomic E-state index is 13.0. The van der Waals surface area contributed by atoms with Crippen LogP contribution in [0.15, 0.2) is 42.5 Å². The van der Waals surface area contributed by atoms with Gasteiger partial charge in [0.05, 0.1) is 5.69 Å². The van der Waals surface area contributed by atoms with Gasteiger partial charge in [-0.25, -0.2) is 4.39 Å². The molecule has 0 radical (unpaired) electrons. The molecule has 106 valence electrons. The van der Waals surface area contributed by atoms with Gasteiger partial charge in [-0.15, -0.1) is 0 Å². The van der Waals surface area contributed by atoms with Crippen LogP contribution in [0.25, 0.3) is 0 Å². The predicted molar refractivity (Wildman–Crippen MR) is 80.2 cm³/mol. The zero-order chi connectivity index (χ0) is 14.4. The fourth-order valence-corrected chi connectivity index (χ4v) is 2.03. The second-order valence-corrected chi connectivity index (χ2v) is 4.95. The Balaban J connectivity index is 1.76. The largest absolute Gasteiger partial charge is 0.384 e. The number of likely N-dealkylation sites (N-methyl/N-ethyl adjacent to an activating group) is 1. The summed E-state index contributed by atoms with van der Waals surface area (Å²) < 4.78 is 13.0. The van der Waals surface area contributed by atoms with E-state index in [1.54, 1.807) is 6.07 Å². The molecule has 1 heterocycles. The first-order valence-electron chi connectivity index (χ1n) is 6.74. The number of pyridine rings is 1. The number of halogens is 1. The van der Waals surface area contributed by atoms with Gasteiger partial charge in [0.25, 0.3) is 0 Å². The summed E-state index contributed by atoms with van der Waals surface area (Å²) in [6.45, 7) is 4.44. The lowest BCUT2D eigenvalue weighted by Crippen LogP contribution is -2.25. The van der Waals surface area contributed by atoms with E-state index >= 15 is 0 Å². The maximum Gasteiger partial charge on any atom is 0.125 e. The molecule has 3 nitrogen and oxygen atoms in total. The smallest absolute Gasteiger partial charge is 0.125 e. The first-order valence-corrected chi connectivity index (χ1v) is 6.74. The van der Waals surface area contributed by atoms with E-state index in [1.165, 1.54) is 12.1 Å². The SMILES string of the molecule is Cc1cccc(CN(C)CCNc2cccc(F)c2)n1. The van der Waals surface area contributed by atoms with Crippen LogP contribution in [0.5, 0.6) is 0 Å². The fraction of sp³-hybridized carbons (Fsp3) is 0.312. The summed E-state index contributed by atoms with van der Waals surface area (Å²) >= 11 is 0. The lowest BCUT2D eigenvalue weighted by atomic mass is 10.3. The van der Waals surface area contributed by atoms with Gasteiger partial charge in [-0.05, 0) is 44.3 Å². The number of anilines is 1. The molecule has 0 saturated carbocycles. The lowest BCUT2D eigenvalue weighted by Gasteiger charge is -2.17. The van der Waals surface area contributed by atoms with Crippen LogP contribution in [-0.2, 0) is 6.54 Å². The average molecular weight is 273 g/mol. The Labute approximate surface area is 119 Å². The number of aryl methyl sites for hydroxylation is 1. The molecule has 0 atom stereocenters. The molecule has 0 aliphatic heterocycles. The minimum atomic E-state index is -0.215. The molecule has 1 aromatic carbocycles. The minimum absolute atomic E-state index is 0.215. The number of aromatic nitrogens is 1. The second kappa shape index (κ2) is 7.01. The van der Waals surface area contributed by atoms with Crippen molar-refractivity contribution in [1.29, 1.82) is 0 Å². The second-order valence-electron chi connectivity index (χ2n) is 4.95. The lowest BCUT2D eigenvalue weighted by molar-refractivity contribution is 0.335. The first-order chi connectivity index (χ1) is 9.63. The number of nitrogens with one attached hydrogen (secondary N) is 1. The van der Waals surface area contributed by atoms with Crippen LogP contribution >= 0.6 is 0 Å². The van der Waals surface area contributed by atoms with Crippen LogP contribution in [0.1, 0.15) is 11.4 Å². The van der Waals surface area contributed by atoms with Crippen LogP contribution in [0.4, 0.5) is 10.1 Å². The molecule has 1 N–H and O–H groups in total. The minimum Gasteiger partial charge on any atom is -0.384 e. The van der Waals surface area contributed by atoms with E-state index in [-0.39, 0.29) is 5.82 Å². The van der Waals surface area contributed by atoms with Crippen molar-refractivity contribution in [2.75, 3.05) is 25.5 Å². The Kier molecular flexibility index (Phi) is 5.07. The Bertz CT molecular complexity index is 557. The molecule has 0 unspecified atom stereocenters. The zero-order valence-electron chi connectivity index (χ0n) is 11.9. The molecule has 0 amide bonds. The van der Waals surface area contributed by atoms with Gasteiger partial charge in [-0.2, -0.15) is 0 Å². The molecular weight excluding hydrogens is 253 g/mol. The number of hydrogen-bond acceptors (Lipinski definition) is 3. The van der Waals surface area contributed by atoms with Crippen molar-refractivity contribution in [1.82, 2.24) is 9.88 Å². The Hall–Kier alpha value is -1.94.